The van der Waals surface area contributed by atoms with E-state index < -0.39 is 23.1 Å². The van der Waals surface area contributed by atoms with Gasteiger partial charge in [-0.1, -0.05) is 30.4 Å². The Balaban J connectivity index is 2.09. The van der Waals surface area contributed by atoms with E-state index in [1.165, 1.54) is 18.2 Å². The third kappa shape index (κ3) is 2.77. The molecule has 1 fully saturated rings. The summed E-state index contributed by atoms with van der Waals surface area (Å²) in [5.74, 6) is -0.401. The third-order valence-corrected chi connectivity index (χ3v) is 3.81. The van der Waals surface area contributed by atoms with Gasteiger partial charge >= 0.3 is 6.18 Å². The fourth-order valence-corrected chi connectivity index (χ4v) is 2.30. The molecule has 2 rings (SSSR count). The van der Waals surface area contributed by atoms with E-state index in [4.69, 9.17) is 18.0 Å². The molecule has 1 amide bonds. The standard InChI is InChI=1S/C13H13F3N2OS/c14-13(15,16)9-4-2-1-3-8(9)7-18-11(19)12(5-6-12)10(17)20/h1-4H,5-7H2,(H2,17,20)(H,18,19). The first kappa shape index (κ1) is 14.8. The van der Waals surface area contributed by atoms with Crippen LogP contribution in [0.1, 0.15) is 24.0 Å². The predicted molar refractivity (Wildman–Crippen MR) is 71.7 cm³/mol. The normalized spacial score (nSPS) is 16.6. The van der Waals surface area contributed by atoms with Gasteiger partial charge in [0.1, 0.15) is 0 Å². The molecular formula is C13H13F3N2OS. The van der Waals surface area contributed by atoms with Crippen LogP contribution in [-0.4, -0.2) is 10.9 Å². The number of thiocarbonyl (C=S) groups is 1. The largest absolute Gasteiger partial charge is 0.416 e. The molecule has 0 bridgehead atoms. The summed E-state index contributed by atoms with van der Waals surface area (Å²) in [6.45, 7) is -0.196. The van der Waals surface area contributed by atoms with Crippen LogP contribution in [0.5, 0.6) is 0 Å². The average Bonchev–Trinajstić information content (AvgIpc) is 3.16. The molecule has 0 atom stereocenters. The topological polar surface area (TPSA) is 55.1 Å². The molecule has 0 unspecified atom stereocenters. The average molecular weight is 302 g/mol. The van der Waals surface area contributed by atoms with Gasteiger partial charge in [0.25, 0.3) is 0 Å². The minimum absolute atomic E-state index is 0.0205. The van der Waals surface area contributed by atoms with Crippen molar-refractivity contribution in [2.75, 3.05) is 0 Å². The summed E-state index contributed by atoms with van der Waals surface area (Å²) in [6.07, 6.45) is -3.34. The van der Waals surface area contributed by atoms with Gasteiger partial charge in [0.15, 0.2) is 0 Å². The van der Waals surface area contributed by atoms with Crippen molar-refractivity contribution in [2.24, 2.45) is 11.1 Å². The van der Waals surface area contributed by atoms with Crippen LogP contribution in [-0.2, 0) is 17.5 Å². The second-order valence-corrected chi connectivity index (χ2v) is 5.22. The number of nitrogens with two attached hydrogens (primary N) is 1. The van der Waals surface area contributed by atoms with E-state index in [0.29, 0.717) is 12.8 Å². The molecule has 108 valence electrons. The van der Waals surface area contributed by atoms with Crippen LogP contribution >= 0.6 is 12.2 Å². The Morgan fingerprint density at radius 1 is 1.35 bits per heavy atom. The van der Waals surface area contributed by atoms with Crippen molar-refractivity contribution in [3.63, 3.8) is 0 Å². The summed E-state index contributed by atoms with van der Waals surface area (Å²) < 4.78 is 38.4. The fourth-order valence-electron chi connectivity index (χ4n) is 2.01. The van der Waals surface area contributed by atoms with Crippen LogP contribution in [0.2, 0.25) is 0 Å². The highest BCUT2D eigenvalue weighted by Crippen LogP contribution is 2.46. The van der Waals surface area contributed by atoms with Gasteiger partial charge in [-0.25, -0.2) is 0 Å². The molecule has 20 heavy (non-hydrogen) atoms. The summed E-state index contributed by atoms with van der Waals surface area (Å²) in [4.78, 5) is 12.0. The van der Waals surface area contributed by atoms with Crippen molar-refractivity contribution >= 4 is 23.1 Å². The van der Waals surface area contributed by atoms with Gasteiger partial charge in [-0.05, 0) is 24.5 Å². The molecule has 1 aromatic carbocycles. The number of hydrogen-bond donors (Lipinski definition) is 2. The molecule has 0 aromatic heterocycles. The van der Waals surface area contributed by atoms with Gasteiger partial charge in [-0.15, -0.1) is 0 Å². The lowest BCUT2D eigenvalue weighted by atomic mass is 10.0. The van der Waals surface area contributed by atoms with Crippen molar-refractivity contribution in [1.82, 2.24) is 5.32 Å². The van der Waals surface area contributed by atoms with Gasteiger partial charge in [0, 0.05) is 6.54 Å². The Hall–Kier alpha value is -1.63. The zero-order valence-corrected chi connectivity index (χ0v) is 11.3. The summed E-state index contributed by atoms with van der Waals surface area (Å²) in [6, 6.07) is 5.13. The minimum atomic E-state index is -4.44. The molecule has 1 aliphatic carbocycles. The number of nitrogens with one attached hydrogen (secondary N) is 1. The molecule has 7 heteroatoms. The van der Waals surface area contributed by atoms with Gasteiger partial charge in [0.05, 0.1) is 16.0 Å². The van der Waals surface area contributed by atoms with Crippen molar-refractivity contribution in [2.45, 2.75) is 25.6 Å². The van der Waals surface area contributed by atoms with Crippen LogP contribution in [0.3, 0.4) is 0 Å². The van der Waals surface area contributed by atoms with E-state index >= 15 is 0 Å². The Bertz CT molecular complexity index is 553. The van der Waals surface area contributed by atoms with E-state index in [9.17, 15) is 18.0 Å². The Morgan fingerprint density at radius 2 is 1.95 bits per heavy atom. The monoisotopic (exact) mass is 302 g/mol. The molecule has 0 radical (unpaired) electrons. The SMILES string of the molecule is NC(=S)C1(C(=O)NCc2ccccc2C(F)(F)F)CC1. The number of alkyl halides is 3. The minimum Gasteiger partial charge on any atom is -0.392 e. The first-order chi connectivity index (χ1) is 9.27. The van der Waals surface area contributed by atoms with Crippen molar-refractivity contribution in [3.05, 3.63) is 35.4 Å². The van der Waals surface area contributed by atoms with Gasteiger partial charge in [-0.2, -0.15) is 13.2 Å². The van der Waals surface area contributed by atoms with E-state index in [1.807, 2.05) is 0 Å². The molecule has 3 N–H and O–H groups in total. The number of carbonyl (C=O) groups is 1. The molecule has 0 heterocycles. The molecule has 3 nitrogen and oxygen atoms in total. The fraction of sp³-hybridized carbons (Fsp3) is 0.385. The lowest BCUT2D eigenvalue weighted by Crippen LogP contribution is -2.39. The van der Waals surface area contributed by atoms with E-state index in [1.54, 1.807) is 0 Å². The predicted octanol–water partition coefficient (Wildman–Crippen LogP) is 2.39. The van der Waals surface area contributed by atoms with Gasteiger partial charge < -0.3 is 11.1 Å². The summed E-state index contributed by atoms with van der Waals surface area (Å²) in [5.41, 5.74) is 3.90. The second-order valence-electron chi connectivity index (χ2n) is 4.78. The Kier molecular flexibility index (Phi) is 3.73. The molecule has 0 aliphatic heterocycles. The quantitative estimate of drug-likeness (QED) is 0.840. The Labute approximate surface area is 119 Å². The van der Waals surface area contributed by atoms with Gasteiger partial charge in [0.2, 0.25) is 5.91 Å². The van der Waals surface area contributed by atoms with Crippen LogP contribution in [0.4, 0.5) is 13.2 Å². The highest BCUT2D eigenvalue weighted by atomic mass is 32.1. The van der Waals surface area contributed by atoms with Crippen molar-refractivity contribution in [1.29, 1.82) is 0 Å². The summed E-state index contributed by atoms with van der Waals surface area (Å²) >= 11 is 4.82. The first-order valence-corrected chi connectivity index (χ1v) is 6.41. The van der Waals surface area contributed by atoms with Crippen LogP contribution in [0.25, 0.3) is 0 Å². The maximum absolute atomic E-state index is 12.8. The number of halogens is 3. The molecule has 1 aromatic rings. The smallest absolute Gasteiger partial charge is 0.392 e. The van der Waals surface area contributed by atoms with Crippen molar-refractivity contribution in [3.8, 4) is 0 Å². The lowest BCUT2D eigenvalue weighted by molar-refractivity contribution is -0.138. The molecule has 1 aliphatic rings. The molecule has 1 saturated carbocycles. The zero-order chi connectivity index (χ0) is 15.0. The highest BCUT2D eigenvalue weighted by molar-refractivity contribution is 7.80. The highest BCUT2D eigenvalue weighted by Gasteiger charge is 2.52. The zero-order valence-electron chi connectivity index (χ0n) is 10.5. The number of rotatable bonds is 4. The number of amides is 1. The maximum atomic E-state index is 12.8. The van der Waals surface area contributed by atoms with Crippen LogP contribution in [0, 0.1) is 5.41 Å². The van der Waals surface area contributed by atoms with E-state index in [0.717, 1.165) is 6.07 Å². The van der Waals surface area contributed by atoms with Gasteiger partial charge in [-0.3, -0.25) is 4.79 Å². The molecular weight excluding hydrogens is 289 g/mol. The number of benzene rings is 1. The number of hydrogen-bond acceptors (Lipinski definition) is 2. The third-order valence-electron chi connectivity index (χ3n) is 3.42. The summed E-state index contributed by atoms with van der Waals surface area (Å²) in [7, 11) is 0. The summed E-state index contributed by atoms with van der Waals surface area (Å²) in [5, 5.41) is 2.49. The lowest BCUT2D eigenvalue weighted by Gasteiger charge is -2.16. The van der Waals surface area contributed by atoms with E-state index in [2.05, 4.69) is 5.32 Å². The van der Waals surface area contributed by atoms with Crippen molar-refractivity contribution < 1.29 is 18.0 Å². The van der Waals surface area contributed by atoms with E-state index in [-0.39, 0.29) is 17.1 Å². The first-order valence-electron chi connectivity index (χ1n) is 6.01. The van der Waals surface area contributed by atoms with Crippen LogP contribution < -0.4 is 11.1 Å². The number of carbonyl (C=O) groups excluding carboxylic acids is 1. The molecule has 0 spiro atoms. The Morgan fingerprint density at radius 3 is 2.45 bits per heavy atom. The second kappa shape index (κ2) is 5.05. The van der Waals surface area contributed by atoms with Crippen LogP contribution in [0.15, 0.2) is 24.3 Å². The maximum Gasteiger partial charge on any atom is 0.416 e. The molecule has 0 saturated heterocycles.